The number of aryl methyl sites for hydroxylation is 2. The van der Waals surface area contributed by atoms with E-state index in [9.17, 15) is 9.59 Å². The number of anilines is 1. The molecule has 6 heteroatoms. The molecule has 2 heterocycles. The van der Waals surface area contributed by atoms with Crippen molar-refractivity contribution in [3.8, 4) is 0 Å². The molecule has 134 valence electrons. The SMILES string of the molecule is CCc1[nH]c(C(=O)Nc2cccc3ccc(C)nc23)c(C)c1C(=O)OC. The molecule has 0 atom stereocenters. The topological polar surface area (TPSA) is 84.1 Å². The van der Waals surface area contributed by atoms with Crippen LogP contribution in [0.3, 0.4) is 0 Å². The molecule has 1 amide bonds. The van der Waals surface area contributed by atoms with Crippen molar-refractivity contribution in [1.29, 1.82) is 0 Å². The molecule has 2 aromatic heterocycles. The van der Waals surface area contributed by atoms with Crippen LogP contribution in [0.1, 0.15) is 44.7 Å². The number of amides is 1. The number of aromatic nitrogens is 2. The molecule has 0 saturated heterocycles. The summed E-state index contributed by atoms with van der Waals surface area (Å²) in [5.74, 6) is -0.764. The average molecular weight is 351 g/mol. The zero-order valence-corrected chi connectivity index (χ0v) is 15.3. The van der Waals surface area contributed by atoms with E-state index in [0.717, 1.165) is 16.6 Å². The number of rotatable bonds is 4. The maximum absolute atomic E-state index is 12.8. The molecule has 0 saturated carbocycles. The fourth-order valence-electron chi connectivity index (χ4n) is 3.06. The number of carbonyl (C=O) groups is 2. The normalized spacial score (nSPS) is 10.8. The maximum atomic E-state index is 12.8. The number of hydrogen-bond donors (Lipinski definition) is 2. The van der Waals surface area contributed by atoms with Crippen molar-refractivity contribution >= 4 is 28.5 Å². The lowest BCUT2D eigenvalue weighted by Gasteiger charge is -2.08. The highest BCUT2D eigenvalue weighted by Crippen LogP contribution is 2.24. The lowest BCUT2D eigenvalue weighted by molar-refractivity contribution is 0.0599. The standard InChI is InChI=1S/C20H21N3O3/c1-5-14-16(20(25)26-4)12(3)17(22-14)19(24)23-15-8-6-7-13-10-9-11(2)21-18(13)15/h6-10,22H,5H2,1-4H3,(H,23,24). The molecule has 0 spiro atoms. The van der Waals surface area contributed by atoms with Crippen LogP contribution in [0.15, 0.2) is 30.3 Å². The number of pyridine rings is 1. The van der Waals surface area contributed by atoms with Gasteiger partial charge < -0.3 is 15.0 Å². The minimum Gasteiger partial charge on any atom is -0.465 e. The maximum Gasteiger partial charge on any atom is 0.339 e. The van der Waals surface area contributed by atoms with Crippen LogP contribution >= 0.6 is 0 Å². The second-order valence-corrected chi connectivity index (χ2v) is 6.11. The van der Waals surface area contributed by atoms with Gasteiger partial charge in [0.1, 0.15) is 5.69 Å². The van der Waals surface area contributed by atoms with E-state index in [2.05, 4.69) is 15.3 Å². The number of ether oxygens (including phenoxy) is 1. The average Bonchev–Trinajstić information content (AvgIpc) is 2.98. The highest BCUT2D eigenvalue weighted by molar-refractivity contribution is 6.09. The van der Waals surface area contributed by atoms with E-state index in [-0.39, 0.29) is 5.91 Å². The van der Waals surface area contributed by atoms with Crippen LogP contribution in [0.2, 0.25) is 0 Å². The van der Waals surface area contributed by atoms with Crippen LogP contribution in [0.4, 0.5) is 5.69 Å². The van der Waals surface area contributed by atoms with Crippen molar-refractivity contribution in [3.63, 3.8) is 0 Å². The number of fused-ring (bicyclic) bond motifs is 1. The van der Waals surface area contributed by atoms with E-state index >= 15 is 0 Å². The number of methoxy groups -OCH3 is 1. The Labute approximate surface area is 151 Å². The Balaban J connectivity index is 2.00. The zero-order chi connectivity index (χ0) is 18.8. The van der Waals surface area contributed by atoms with Crippen molar-refractivity contribution in [2.24, 2.45) is 0 Å². The Bertz CT molecular complexity index is 1000. The highest BCUT2D eigenvalue weighted by Gasteiger charge is 2.24. The number of hydrogen-bond acceptors (Lipinski definition) is 4. The molecule has 0 aliphatic carbocycles. The quantitative estimate of drug-likeness (QED) is 0.701. The van der Waals surface area contributed by atoms with Gasteiger partial charge in [-0.3, -0.25) is 9.78 Å². The van der Waals surface area contributed by atoms with Crippen LogP contribution < -0.4 is 5.32 Å². The van der Waals surface area contributed by atoms with E-state index in [0.29, 0.717) is 34.6 Å². The van der Waals surface area contributed by atoms with Gasteiger partial charge in [0.05, 0.1) is 23.9 Å². The zero-order valence-electron chi connectivity index (χ0n) is 15.3. The molecule has 0 aliphatic rings. The number of para-hydroxylation sites is 1. The Hall–Kier alpha value is -3.15. The van der Waals surface area contributed by atoms with Crippen molar-refractivity contribution in [2.75, 3.05) is 12.4 Å². The highest BCUT2D eigenvalue weighted by atomic mass is 16.5. The minimum absolute atomic E-state index is 0.317. The third kappa shape index (κ3) is 3.06. The van der Waals surface area contributed by atoms with Crippen molar-refractivity contribution < 1.29 is 14.3 Å². The number of benzene rings is 1. The number of nitrogens with zero attached hydrogens (tertiary/aromatic N) is 1. The van der Waals surface area contributed by atoms with Crippen molar-refractivity contribution in [2.45, 2.75) is 27.2 Å². The molecule has 6 nitrogen and oxygen atoms in total. The van der Waals surface area contributed by atoms with E-state index < -0.39 is 5.97 Å². The van der Waals surface area contributed by atoms with Gasteiger partial charge in [-0.15, -0.1) is 0 Å². The van der Waals surface area contributed by atoms with Crippen LogP contribution in [-0.2, 0) is 11.2 Å². The summed E-state index contributed by atoms with van der Waals surface area (Å²) in [5, 5.41) is 3.85. The first kappa shape index (κ1) is 17.7. The number of nitrogens with one attached hydrogen (secondary N) is 2. The Kier molecular flexibility index (Phi) is 4.75. The third-order valence-corrected chi connectivity index (χ3v) is 4.41. The molecule has 0 aliphatic heterocycles. The monoisotopic (exact) mass is 351 g/mol. The molecule has 0 radical (unpaired) electrons. The molecule has 3 rings (SSSR count). The van der Waals surface area contributed by atoms with Gasteiger partial charge in [0.2, 0.25) is 0 Å². The van der Waals surface area contributed by atoms with Crippen molar-refractivity contribution in [1.82, 2.24) is 9.97 Å². The minimum atomic E-state index is -0.447. The molecule has 0 unspecified atom stereocenters. The third-order valence-electron chi connectivity index (χ3n) is 4.41. The van der Waals surface area contributed by atoms with Gasteiger partial charge >= 0.3 is 5.97 Å². The molecule has 1 aromatic carbocycles. The van der Waals surface area contributed by atoms with E-state index in [4.69, 9.17) is 4.74 Å². The van der Waals surface area contributed by atoms with Crippen LogP contribution in [-0.4, -0.2) is 29.0 Å². The van der Waals surface area contributed by atoms with Gasteiger partial charge in [0.15, 0.2) is 0 Å². The van der Waals surface area contributed by atoms with Gasteiger partial charge in [-0.1, -0.05) is 25.1 Å². The van der Waals surface area contributed by atoms with Gasteiger partial charge in [0, 0.05) is 16.8 Å². The molecule has 0 bridgehead atoms. The summed E-state index contributed by atoms with van der Waals surface area (Å²) in [4.78, 5) is 32.5. The summed E-state index contributed by atoms with van der Waals surface area (Å²) in [7, 11) is 1.33. The van der Waals surface area contributed by atoms with Gasteiger partial charge in [-0.25, -0.2) is 4.79 Å². The molecule has 3 aromatic rings. The largest absolute Gasteiger partial charge is 0.465 e. The Morgan fingerprint density at radius 3 is 2.65 bits per heavy atom. The molecular weight excluding hydrogens is 330 g/mol. The predicted molar refractivity (Wildman–Crippen MR) is 101 cm³/mol. The predicted octanol–water partition coefficient (Wildman–Crippen LogP) is 3.78. The summed E-state index contributed by atoms with van der Waals surface area (Å²) in [5.41, 5.74) is 4.27. The lowest BCUT2D eigenvalue weighted by atomic mass is 10.1. The smallest absolute Gasteiger partial charge is 0.339 e. The molecule has 26 heavy (non-hydrogen) atoms. The first-order valence-electron chi connectivity index (χ1n) is 8.43. The van der Waals surface area contributed by atoms with E-state index in [1.54, 1.807) is 6.92 Å². The second-order valence-electron chi connectivity index (χ2n) is 6.11. The molecular formula is C20H21N3O3. The van der Waals surface area contributed by atoms with Crippen molar-refractivity contribution in [3.05, 3.63) is 58.5 Å². The number of aromatic amines is 1. The lowest BCUT2D eigenvalue weighted by Crippen LogP contribution is -2.14. The number of H-pyrrole nitrogens is 1. The van der Waals surface area contributed by atoms with Gasteiger partial charge in [-0.05, 0) is 38.0 Å². The summed E-state index contributed by atoms with van der Waals surface area (Å²) >= 11 is 0. The van der Waals surface area contributed by atoms with Crippen LogP contribution in [0.25, 0.3) is 10.9 Å². The Morgan fingerprint density at radius 2 is 1.96 bits per heavy atom. The second kappa shape index (κ2) is 7.00. The fourth-order valence-corrected chi connectivity index (χ4v) is 3.06. The van der Waals surface area contributed by atoms with Gasteiger partial charge in [0.25, 0.3) is 5.91 Å². The summed E-state index contributed by atoms with van der Waals surface area (Å²) in [6.07, 6.45) is 0.591. The molecule has 0 fully saturated rings. The first-order chi connectivity index (χ1) is 12.5. The van der Waals surface area contributed by atoms with E-state index in [1.165, 1.54) is 7.11 Å². The van der Waals surface area contributed by atoms with E-state index in [1.807, 2.05) is 44.2 Å². The molecule has 2 N–H and O–H groups in total. The summed E-state index contributed by atoms with van der Waals surface area (Å²) in [6, 6.07) is 9.53. The summed E-state index contributed by atoms with van der Waals surface area (Å²) in [6.45, 7) is 5.56. The Morgan fingerprint density at radius 1 is 1.19 bits per heavy atom. The number of esters is 1. The first-order valence-corrected chi connectivity index (χ1v) is 8.43. The fraction of sp³-hybridized carbons (Fsp3) is 0.250. The van der Waals surface area contributed by atoms with Crippen LogP contribution in [0.5, 0.6) is 0 Å². The van der Waals surface area contributed by atoms with Crippen LogP contribution in [0, 0.1) is 13.8 Å². The number of carbonyl (C=O) groups excluding carboxylic acids is 2. The van der Waals surface area contributed by atoms with Gasteiger partial charge in [-0.2, -0.15) is 0 Å². The summed E-state index contributed by atoms with van der Waals surface area (Å²) < 4.78 is 4.84.